The molecule has 1 fully saturated rings. The molecule has 1 saturated heterocycles. The molecule has 0 saturated carbocycles. The number of halogens is 2. The molecule has 36 heavy (non-hydrogen) atoms. The van der Waals surface area contributed by atoms with Gasteiger partial charge in [-0.25, -0.2) is 0 Å². The average Bonchev–Trinajstić information content (AvgIpc) is 3.12. The monoisotopic (exact) mass is 607 g/mol. The third kappa shape index (κ3) is 3.42. The van der Waals surface area contributed by atoms with Crippen molar-refractivity contribution in [3.05, 3.63) is 91.9 Å². The molecule has 4 aliphatic rings. The fourth-order valence-corrected chi connectivity index (χ4v) is 6.81. The second-order valence-electron chi connectivity index (χ2n) is 9.47. The molecule has 4 unspecified atom stereocenters. The summed E-state index contributed by atoms with van der Waals surface area (Å²) in [5.74, 6) is -3.01. The van der Waals surface area contributed by atoms with Gasteiger partial charge in [-0.1, -0.05) is 39.7 Å². The Morgan fingerprint density at radius 1 is 0.861 bits per heavy atom. The quantitative estimate of drug-likeness (QED) is 0.290. The van der Waals surface area contributed by atoms with Gasteiger partial charge < -0.3 is 5.11 Å². The van der Waals surface area contributed by atoms with Gasteiger partial charge in [-0.2, -0.15) is 0 Å². The zero-order valence-corrected chi connectivity index (χ0v) is 22.0. The average molecular weight is 609 g/mol. The van der Waals surface area contributed by atoms with E-state index in [-0.39, 0.29) is 40.0 Å². The summed E-state index contributed by atoms with van der Waals surface area (Å²) in [5, 5.41) is 9.84. The van der Waals surface area contributed by atoms with Crippen LogP contribution in [0.3, 0.4) is 0 Å². The van der Waals surface area contributed by atoms with Crippen molar-refractivity contribution >= 4 is 60.9 Å². The highest BCUT2D eigenvalue weighted by Crippen LogP contribution is 2.55. The van der Waals surface area contributed by atoms with Crippen molar-refractivity contribution in [1.82, 2.24) is 0 Å². The highest BCUT2D eigenvalue weighted by Gasteiger charge is 2.56. The van der Waals surface area contributed by atoms with Crippen molar-refractivity contribution in [1.29, 1.82) is 0 Å². The van der Waals surface area contributed by atoms with E-state index in [4.69, 9.17) is 0 Å². The largest absolute Gasteiger partial charge is 0.508 e. The maximum Gasteiger partial charge on any atom is 0.238 e. The molecule has 1 aliphatic heterocycles. The number of carbonyl (C=O) groups is 4. The number of phenols is 1. The molecule has 0 radical (unpaired) electrons. The summed E-state index contributed by atoms with van der Waals surface area (Å²) in [6, 6.07) is 13.6. The molecule has 4 atom stereocenters. The number of carbonyl (C=O) groups excluding carboxylic acids is 4. The summed E-state index contributed by atoms with van der Waals surface area (Å²) < 4.78 is 1.04. The highest BCUT2D eigenvalue weighted by atomic mass is 79.9. The lowest BCUT2D eigenvalue weighted by atomic mass is 9.59. The molecule has 180 valence electrons. The zero-order valence-electron chi connectivity index (χ0n) is 18.8. The molecule has 8 heteroatoms. The smallest absolute Gasteiger partial charge is 0.238 e. The molecule has 6 rings (SSSR count). The molecule has 2 aromatic carbocycles. The summed E-state index contributed by atoms with van der Waals surface area (Å²) in [7, 11) is 0. The first-order chi connectivity index (χ1) is 17.3. The minimum atomic E-state index is -0.623. The summed E-state index contributed by atoms with van der Waals surface area (Å²) in [4.78, 5) is 54.9. The third-order valence-corrected chi connectivity index (χ3v) is 8.76. The molecule has 2 aromatic rings. The predicted molar refractivity (Wildman–Crippen MR) is 139 cm³/mol. The number of phenolic OH excluding ortho intramolecular Hbond substituents is 1. The van der Waals surface area contributed by atoms with Crippen LogP contribution in [0.15, 0.2) is 86.4 Å². The molecular weight excluding hydrogens is 590 g/mol. The first-order valence-corrected chi connectivity index (χ1v) is 13.2. The Morgan fingerprint density at radius 2 is 1.56 bits per heavy atom. The first kappa shape index (κ1) is 23.3. The van der Waals surface area contributed by atoms with Gasteiger partial charge in [0, 0.05) is 27.6 Å². The van der Waals surface area contributed by atoms with Gasteiger partial charge in [-0.05, 0) is 76.7 Å². The van der Waals surface area contributed by atoms with Gasteiger partial charge in [-0.15, -0.1) is 0 Å². The number of hydrogen-bond donors (Lipinski definition) is 1. The number of ketones is 2. The van der Waals surface area contributed by atoms with Crippen LogP contribution in [-0.4, -0.2) is 28.5 Å². The second-order valence-corrected chi connectivity index (χ2v) is 11.2. The minimum Gasteiger partial charge on any atom is -0.508 e. The van der Waals surface area contributed by atoms with Gasteiger partial charge in [0.25, 0.3) is 0 Å². The van der Waals surface area contributed by atoms with Gasteiger partial charge in [0.05, 0.1) is 22.0 Å². The molecule has 1 heterocycles. The van der Waals surface area contributed by atoms with Crippen molar-refractivity contribution in [2.24, 2.45) is 17.8 Å². The zero-order chi connectivity index (χ0) is 25.3. The Morgan fingerprint density at radius 3 is 2.25 bits per heavy atom. The fraction of sp³-hybridized carbons (Fsp3) is 0.214. The Labute approximate surface area is 223 Å². The Hall–Kier alpha value is -3.10. The van der Waals surface area contributed by atoms with Crippen molar-refractivity contribution in [2.75, 3.05) is 4.90 Å². The van der Waals surface area contributed by atoms with Crippen molar-refractivity contribution in [2.45, 2.75) is 18.8 Å². The number of rotatable bonds is 2. The summed E-state index contributed by atoms with van der Waals surface area (Å²) >= 11 is 6.62. The fourth-order valence-electron chi connectivity index (χ4n) is 6.10. The number of imide groups is 1. The van der Waals surface area contributed by atoms with Crippen molar-refractivity contribution < 1.29 is 24.3 Å². The number of Topliss-reactive ketones (excluding diaryl/α,β-unsaturated/α-hetero) is 1. The second kappa shape index (κ2) is 8.49. The molecule has 1 N–H and O–H groups in total. The van der Waals surface area contributed by atoms with E-state index in [9.17, 15) is 24.3 Å². The van der Waals surface area contributed by atoms with E-state index >= 15 is 0 Å². The predicted octanol–water partition coefficient (Wildman–Crippen LogP) is 5.12. The minimum absolute atomic E-state index is 0.0911. The SMILES string of the molecule is O=C1C=C(Br)C(=O)C2=C1C(c1ccc(O)cc1)C1=CCC3C(=O)N(c4ccc(Br)cc4)C(=O)C3C1C2. The maximum atomic E-state index is 13.8. The van der Waals surface area contributed by atoms with E-state index in [0.29, 0.717) is 23.3 Å². The maximum absolute atomic E-state index is 13.8. The van der Waals surface area contributed by atoms with Gasteiger partial charge in [0.15, 0.2) is 11.6 Å². The normalized spacial score (nSPS) is 27.4. The molecule has 0 bridgehead atoms. The van der Waals surface area contributed by atoms with Crippen LogP contribution < -0.4 is 4.90 Å². The Balaban J connectivity index is 1.48. The van der Waals surface area contributed by atoms with Gasteiger partial charge in [-0.3, -0.25) is 24.1 Å². The molecule has 2 amide bonds. The summed E-state index contributed by atoms with van der Waals surface area (Å²) in [5.41, 5.74) is 2.95. The Kier molecular flexibility index (Phi) is 5.50. The Bertz CT molecular complexity index is 1450. The van der Waals surface area contributed by atoms with Crippen LogP contribution in [0.2, 0.25) is 0 Å². The van der Waals surface area contributed by atoms with Gasteiger partial charge in [0.1, 0.15) is 5.75 Å². The third-order valence-electron chi connectivity index (χ3n) is 7.64. The lowest BCUT2D eigenvalue weighted by Gasteiger charge is -2.42. The number of aromatic hydroxyl groups is 1. The van der Waals surface area contributed by atoms with E-state index in [2.05, 4.69) is 31.9 Å². The number of fused-ring (bicyclic) bond motifs is 3. The molecule has 0 spiro atoms. The number of amides is 2. The number of anilines is 1. The van der Waals surface area contributed by atoms with Crippen LogP contribution in [0.5, 0.6) is 5.75 Å². The van der Waals surface area contributed by atoms with Crippen LogP contribution in [0.25, 0.3) is 0 Å². The van der Waals surface area contributed by atoms with E-state index < -0.39 is 23.7 Å². The van der Waals surface area contributed by atoms with E-state index in [1.807, 2.05) is 6.08 Å². The van der Waals surface area contributed by atoms with Gasteiger partial charge in [0.2, 0.25) is 11.8 Å². The van der Waals surface area contributed by atoms with Crippen LogP contribution >= 0.6 is 31.9 Å². The highest BCUT2D eigenvalue weighted by molar-refractivity contribution is 9.12. The summed E-state index contributed by atoms with van der Waals surface area (Å²) in [6.07, 6.45) is 3.89. The van der Waals surface area contributed by atoms with Crippen LogP contribution in [0, 0.1) is 17.8 Å². The topological polar surface area (TPSA) is 91.8 Å². The van der Waals surface area contributed by atoms with Crippen LogP contribution in [-0.2, 0) is 19.2 Å². The lowest BCUT2D eigenvalue weighted by molar-refractivity contribution is -0.123. The number of hydrogen-bond acceptors (Lipinski definition) is 5. The first-order valence-electron chi connectivity index (χ1n) is 11.6. The molecule has 3 aliphatic carbocycles. The van der Waals surface area contributed by atoms with Crippen molar-refractivity contribution in [3.8, 4) is 5.75 Å². The number of nitrogens with zero attached hydrogens (tertiary/aromatic N) is 1. The van der Waals surface area contributed by atoms with E-state index in [0.717, 1.165) is 15.6 Å². The standard InChI is InChI=1S/C28H19Br2NO5/c29-14-3-5-15(6-4-14)31-27(35)18-10-9-17-19(24(18)28(31)36)11-20-25(22(33)12-21(30)26(20)34)23(17)13-1-7-16(32)8-2-13/h1-9,12,18-19,23-24,32H,10-11H2. The number of benzene rings is 2. The van der Waals surface area contributed by atoms with Crippen LogP contribution in [0.1, 0.15) is 24.3 Å². The number of allylic oxidation sites excluding steroid dienone is 6. The van der Waals surface area contributed by atoms with E-state index in [1.54, 1.807) is 48.5 Å². The van der Waals surface area contributed by atoms with Crippen LogP contribution in [0.4, 0.5) is 5.69 Å². The molecular formula is C28H19Br2NO5. The van der Waals surface area contributed by atoms with Crippen molar-refractivity contribution in [3.63, 3.8) is 0 Å². The van der Waals surface area contributed by atoms with Gasteiger partial charge >= 0.3 is 0 Å². The van der Waals surface area contributed by atoms with E-state index in [1.165, 1.54) is 11.0 Å². The lowest BCUT2D eigenvalue weighted by Crippen LogP contribution is -2.39. The molecule has 0 aromatic heterocycles. The molecule has 6 nitrogen and oxygen atoms in total. The summed E-state index contributed by atoms with van der Waals surface area (Å²) in [6.45, 7) is 0.